The van der Waals surface area contributed by atoms with Gasteiger partial charge in [-0.3, -0.25) is 4.90 Å². The number of piperazine rings is 1. The zero-order valence-corrected chi connectivity index (χ0v) is 24.4. The molecule has 1 amide bonds. The molecule has 2 aromatic rings. The topological polar surface area (TPSA) is 90.9 Å². The number of nitrogens with zero attached hydrogens (tertiary/aromatic N) is 4. The van der Waals surface area contributed by atoms with Crippen LogP contribution in [-0.4, -0.2) is 76.8 Å². The van der Waals surface area contributed by atoms with Crippen molar-refractivity contribution in [3.8, 4) is 0 Å². The van der Waals surface area contributed by atoms with Crippen molar-refractivity contribution in [2.45, 2.75) is 76.1 Å². The summed E-state index contributed by atoms with van der Waals surface area (Å²) in [4.78, 5) is 26.5. The van der Waals surface area contributed by atoms with Crippen LogP contribution >= 0.6 is 0 Å². The summed E-state index contributed by atoms with van der Waals surface area (Å²) < 4.78 is 38.2. The van der Waals surface area contributed by atoms with Crippen molar-refractivity contribution in [1.82, 2.24) is 14.9 Å². The third kappa shape index (κ3) is 5.88. The number of halogens is 1. The molecule has 1 fully saturated rings. The first kappa shape index (κ1) is 28.1. The fourth-order valence-electron chi connectivity index (χ4n) is 6.36. The average Bonchev–Trinajstić information content (AvgIpc) is 2.87. The molecule has 3 atom stereocenters. The van der Waals surface area contributed by atoms with Crippen LogP contribution in [0.5, 0.6) is 0 Å². The number of carbonyl (C=O) groups is 1. The van der Waals surface area contributed by atoms with Crippen molar-refractivity contribution in [2.24, 2.45) is 5.41 Å². The zero-order valence-electron chi connectivity index (χ0n) is 23.6. The largest absolute Gasteiger partial charge is 0.609 e. The van der Waals surface area contributed by atoms with Gasteiger partial charge >= 0.3 is 11.2 Å². The summed E-state index contributed by atoms with van der Waals surface area (Å²) in [5, 5.41) is 0.334. The lowest BCUT2D eigenvalue weighted by Crippen LogP contribution is -2.58. The quantitative estimate of drug-likeness (QED) is 0.412. The van der Waals surface area contributed by atoms with Gasteiger partial charge in [0.25, 0.3) is 0 Å². The highest BCUT2D eigenvalue weighted by Crippen LogP contribution is 2.47. The van der Waals surface area contributed by atoms with Gasteiger partial charge in [0.15, 0.2) is 0 Å². The van der Waals surface area contributed by atoms with E-state index < -0.39 is 16.8 Å². The van der Waals surface area contributed by atoms with Gasteiger partial charge in [-0.1, -0.05) is 12.1 Å². The number of ether oxygens (including phenoxy) is 2. The molecule has 0 bridgehead atoms. The molecule has 39 heavy (non-hydrogen) atoms. The lowest BCUT2D eigenvalue weighted by molar-refractivity contribution is 0.00334. The van der Waals surface area contributed by atoms with Gasteiger partial charge in [0.2, 0.25) is 0 Å². The Morgan fingerprint density at radius 2 is 1.92 bits per heavy atom. The van der Waals surface area contributed by atoms with Gasteiger partial charge in [0, 0.05) is 43.5 Å². The van der Waals surface area contributed by atoms with Crippen LogP contribution in [0.15, 0.2) is 23.4 Å². The fraction of sp³-hybridized carbons (Fsp3) is 0.621. The molecule has 5 rings (SSSR count). The number of fused-ring (bicyclic) bond motifs is 2. The molecule has 3 aliphatic rings. The second-order valence-electron chi connectivity index (χ2n) is 12.2. The SMILES string of the molecule is COC[C@H]1CN(c2nc([S+](C)[O-])nc3c2CC[C@]2(CCc4c(F)cccc4C2)C3)CCN1C(=O)OC(C)(C)C. The highest BCUT2D eigenvalue weighted by molar-refractivity contribution is 7.90. The van der Waals surface area contributed by atoms with E-state index in [0.717, 1.165) is 66.7 Å². The van der Waals surface area contributed by atoms with Crippen LogP contribution in [0.2, 0.25) is 0 Å². The second-order valence-corrected chi connectivity index (χ2v) is 13.4. The van der Waals surface area contributed by atoms with Crippen LogP contribution in [0.1, 0.15) is 56.0 Å². The maximum Gasteiger partial charge on any atom is 0.410 e. The maximum atomic E-state index is 14.4. The van der Waals surface area contributed by atoms with Gasteiger partial charge in [-0.2, -0.15) is 9.97 Å². The molecule has 1 aromatic carbocycles. The summed E-state index contributed by atoms with van der Waals surface area (Å²) in [6.07, 6.45) is 6.28. The van der Waals surface area contributed by atoms with Crippen LogP contribution in [-0.2, 0) is 46.3 Å². The monoisotopic (exact) mass is 558 g/mol. The van der Waals surface area contributed by atoms with E-state index in [9.17, 15) is 13.7 Å². The Kier molecular flexibility index (Phi) is 7.83. The Hall–Kier alpha value is -2.43. The Morgan fingerprint density at radius 1 is 1.18 bits per heavy atom. The minimum Gasteiger partial charge on any atom is -0.609 e. The van der Waals surface area contributed by atoms with Crippen LogP contribution in [0, 0.1) is 11.2 Å². The maximum absolute atomic E-state index is 14.4. The van der Waals surface area contributed by atoms with E-state index in [-0.39, 0.29) is 23.4 Å². The predicted octanol–water partition coefficient (Wildman–Crippen LogP) is 4.09. The number of amides is 1. The first-order chi connectivity index (χ1) is 18.5. The number of hydrogen-bond donors (Lipinski definition) is 0. The van der Waals surface area contributed by atoms with Crippen molar-refractivity contribution in [3.05, 3.63) is 46.4 Å². The van der Waals surface area contributed by atoms with Gasteiger partial charge in [-0.25, -0.2) is 9.18 Å². The fourth-order valence-corrected chi connectivity index (χ4v) is 6.81. The molecular weight excluding hydrogens is 519 g/mol. The number of aromatic nitrogens is 2. The molecule has 8 nitrogen and oxygen atoms in total. The standard InChI is InChI=1S/C29H39FN4O4S/c1-28(2,3)38-27(35)34-14-13-33(17-20(34)18-37-4)25-22-10-12-29(16-24(22)31-26(32-25)39(5)36)11-9-21-19(15-29)7-6-8-23(21)30/h6-8,20H,9-18H2,1-5H3/t20-,29+,39?/m1/s1. The lowest BCUT2D eigenvalue weighted by atomic mass is 9.63. The van der Waals surface area contributed by atoms with E-state index in [0.29, 0.717) is 31.4 Å². The molecule has 1 spiro atoms. The van der Waals surface area contributed by atoms with Crippen molar-refractivity contribution >= 4 is 23.1 Å². The molecule has 2 heterocycles. The molecule has 1 unspecified atom stereocenters. The first-order valence-electron chi connectivity index (χ1n) is 13.7. The van der Waals surface area contributed by atoms with Gasteiger partial charge in [-0.05, 0) is 81.9 Å². The Bertz CT molecular complexity index is 1240. The van der Waals surface area contributed by atoms with Crippen molar-refractivity contribution in [1.29, 1.82) is 0 Å². The third-order valence-electron chi connectivity index (χ3n) is 8.21. The number of anilines is 1. The summed E-state index contributed by atoms with van der Waals surface area (Å²) in [6.45, 7) is 7.54. The molecule has 1 saturated heterocycles. The molecule has 1 aromatic heterocycles. The van der Waals surface area contributed by atoms with Crippen LogP contribution in [0.25, 0.3) is 0 Å². The van der Waals surface area contributed by atoms with Crippen LogP contribution in [0.3, 0.4) is 0 Å². The van der Waals surface area contributed by atoms with E-state index in [1.807, 2.05) is 26.8 Å². The lowest BCUT2D eigenvalue weighted by Gasteiger charge is -2.44. The Balaban J connectivity index is 1.43. The van der Waals surface area contributed by atoms with E-state index >= 15 is 0 Å². The van der Waals surface area contributed by atoms with Gasteiger partial charge in [-0.15, -0.1) is 0 Å². The predicted molar refractivity (Wildman–Crippen MR) is 148 cm³/mol. The van der Waals surface area contributed by atoms with Crippen molar-refractivity contribution in [2.75, 3.05) is 44.5 Å². The summed E-state index contributed by atoms with van der Waals surface area (Å²) >= 11 is -1.34. The molecule has 2 aliphatic carbocycles. The van der Waals surface area contributed by atoms with Gasteiger partial charge in [0.05, 0.1) is 18.3 Å². The zero-order chi connectivity index (χ0) is 27.9. The van der Waals surface area contributed by atoms with Crippen LogP contribution < -0.4 is 4.90 Å². The van der Waals surface area contributed by atoms with E-state index in [1.165, 1.54) is 0 Å². The molecule has 212 valence electrons. The Morgan fingerprint density at radius 3 is 2.62 bits per heavy atom. The molecule has 0 radical (unpaired) electrons. The van der Waals surface area contributed by atoms with Gasteiger partial charge in [0.1, 0.15) is 23.5 Å². The molecule has 10 heteroatoms. The Labute approximate surface area is 233 Å². The summed E-state index contributed by atoms with van der Waals surface area (Å²) in [6, 6.07) is 5.19. The first-order valence-corrected chi connectivity index (χ1v) is 15.3. The molecule has 1 aliphatic heterocycles. The highest BCUT2D eigenvalue weighted by atomic mass is 32.2. The van der Waals surface area contributed by atoms with Gasteiger partial charge < -0.3 is 18.9 Å². The van der Waals surface area contributed by atoms with Crippen molar-refractivity contribution in [3.63, 3.8) is 0 Å². The third-order valence-corrected chi connectivity index (χ3v) is 8.91. The number of benzene rings is 1. The highest BCUT2D eigenvalue weighted by Gasteiger charge is 2.42. The smallest absolute Gasteiger partial charge is 0.410 e. The average molecular weight is 559 g/mol. The number of hydrogen-bond acceptors (Lipinski definition) is 7. The normalized spacial score (nSPS) is 23.8. The summed E-state index contributed by atoms with van der Waals surface area (Å²) in [7, 11) is 1.63. The minimum absolute atomic E-state index is 0.0138. The van der Waals surface area contributed by atoms with Crippen LogP contribution in [0.4, 0.5) is 15.0 Å². The van der Waals surface area contributed by atoms with E-state index in [2.05, 4.69) is 4.90 Å². The second kappa shape index (κ2) is 10.9. The summed E-state index contributed by atoms with van der Waals surface area (Å²) in [5.41, 5.74) is 3.42. The van der Waals surface area contributed by atoms with Crippen molar-refractivity contribution < 1.29 is 23.2 Å². The number of rotatable bonds is 4. The minimum atomic E-state index is -1.34. The number of methoxy groups -OCH3 is 1. The molecule has 0 saturated carbocycles. The number of carbonyl (C=O) groups excluding carboxylic acids is 1. The van der Waals surface area contributed by atoms with E-state index in [4.69, 9.17) is 19.4 Å². The molecule has 0 N–H and O–H groups in total. The van der Waals surface area contributed by atoms with E-state index in [1.54, 1.807) is 30.4 Å². The molecular formula is C29H39FN4O4S. The summed E-state index contributed by atoms with van der Waals surface area (Å²) in [5.74, 6) is 0.704.